The van der Waals surface area contributed by atoms with Gasteiger partial charge in [0.25, 0.3) is 0 Å². The molecule has 1 aliphatic carbocycles. The van der Waals surface area contributed by atoms with Crippen molar-refractivity contribution in [2.45, 2.75) is 47.8 Å². The molecule has 3 heteroatoms. The van der Waals surface area contributed by atoms with Gasteiger partial charge in [-0.3, -0.25) is 4.79 Å². The molecule has 1 nitrogen and oxygen atoms in total. The molecule has 98 valence electrons. The molecule has 1 fully saturated rings. The second kappa shape index (κ2) is 5.70. The van der Waals surface area contributed by atoms with Crippen molar-refractivity contribution in [1.29, 1.82) is 0 Å². The third-order valence-corrected chi connectivity index (χ3v) is 5.69. The molecule has 0 bridgehead atoms. The van der Waals surface area contributed by atoms with Gasteiger partial charge in [-0.05, 0) is 48.5 Å². The highest BCUT2D eigenvalue weighted by Crippen LogP contribution is 2.40. The van der Waals surface area contributed by atoms with Gasteiger partial charge in [0.1, 0.15) is 5.78 Å². The summed E-state index contributed by atoms with van der Waals surface area (Å²) >= 11 is 3.61. The highest BCUT2D eigenvalue weighted by atomic mass is 32.2. The van der Waals surface area contributed by atoms with Crippen molar-refractivity contribution in [1.82, 2.24) is 0 Å². The minimum Gasteiger partial charge on any atom is -0.300 e. The van der Waals surface area contributed by atoms with Crippen LogP contribution in [0.4, 0.5) is 0 Å². The maximum Gasteiger partial charge on any atom is 0.132 e. The van der Waals surface area contributed by atoms with Crippen molar-refractivity contribution < 1.29 is 4.79 Å². The van der Waals surface area contributed by atoms with E-state index in [0.717, 1.165) is 25.7 Å². The first-order valence-electron chi connectivity index (χ1n) is 6.33. The molecule has 0 unspecified atom stereocenters. The number of carbonyl (C=O) groups excluding carboxylic acids is 1. The summed E-state index contributed by atoms with van der Waals surface area (Å²) in [5.41, 5.74) is 1.59. The van der Waals surface area contributed by atoms with Crippen LogP contribution in [-0.4, -0.2) is 18.3 Å². The van der Waals surface area contributed by atoms with E-state index in [1.165, 1.54) is 15.4 Å². The van der Waals surface area contributed by atoms with Crippen molar-refractivity contribution in [2.24, 2.45) is 0 Å². The van der Waals surface area contributed by atoms with Crippen LogP contribution in [0.1, 0.15) is 38.2 Å². The fourth-order valence-electron chi connectivity index (χ4n) is 2.58. The van der Waals surface area contributed by atoms with Crippen molar-refractivity contribution in [3.05, 3.63) is 23.8 Å². The van der Waals surface area contributed by atoms with Crippen LogP contribution in [-0.2, 0) is 10.2 Å². The number of benzene rings is 1. The van der Waals surface area contributed by atoms with Crippen molar-refractivity contribution in [3.63, 3.8) is 0 Å². The van der Waals surface area contributed by atoms with E-state index in [0.29, 0.717) is 5.78 Å². The second-order valence-electron chi connectivity index (χ2n) is 5.17. The molecule has 0 radical (unpaired) electrons. The molecule has 1 aromatic rings. The molecular weight excluding hydrogens is 260 g/mol. The van der Waals surface area contributed by atoms with Gasteiger partial charge in [-0.1, -0.05) is 13.0 Å². The number of carbonyl (C=O) groups is 1. The van der Waals surface area contributed by atoms with Gasteiger partial charge in [-0.15, -0.1) is 23.5 Å². The van der Waals surface area contributed by atoms with Crippen LogP contribution in [0.25, 0.3) is 0 Å². The van der Waals surface area contributed by atoms with E-state index in [4.69, 9.17) is 0 Å². The number of thioether (sulfide) groups is 2. The molecule has 0 spiro atoms. The van der Waals surface area contributed by atoms with Crippen LogP contribution >= 0.6 is 23.5 Å². The summed E-state index contributed by atoms with van der Waals surface area (Å²) in [6, 6.07) is 6.81. The molecule has 18 heavy (non-hydrogen) atoms. The van der Waals surface area contributed by atoms with Crippen LogP contribution in [0.3, 0.4) is 0 Å². The topological polar surface area (TPSA) is 17.1 Å². The minimum absolute atomic E-state index is 0.190. The maximum atomic E-state index is 11.4. The number of hydrogen-bond acceptors (Lipinski definition) is 3. The van der Waals surface area contributed by atoms with Gasteiger partial charge in [-0.25, -0.2) is 0 Å². The Morgan fingerprint density at radius 3 is 2.22 bits per heavy atom. The van der Waals surface area contributed by atoms with Crippen molar-refractivity contribution in [3.8, 4) is 0 Å². The molecule has 0 N–H and O–H groups in total. The molecule has 1 aromatic carbocycles. The van der Waals surface area contributed by atoms with E-state index in [1.54, 1.807) is 11.8 Å². The predicted octanol–water partition coefficient (Wildman–Crippen LogP) is 4.53. The monoisotopic (exact) mass is 280 g/mol. The first-order chi connectivity index (χ1) is 8.59. The Bertz CT molecular complexity index is 444. The lowest BCUT2D eigenvalue weighted by atomic mass is 9.71. The number of Topliss-reactive ketones (excluding diaryl/α,β-unsaturated/α-hetero) is 1. The van der Waals surface area contributed by atoms with Crippen molar-refractivity contribution in [2.75, 3.05) is 12.5 Å². The molecule has 0 amide bonds. The lowest BCUT2D eigenvalue weighted by Crippen LogP contribution is -2.28. The molecule has 1 aliphatic rings. The minimum atomic E-state index is 0.190. The molecule has 0 heterocycles. The normalized spacial score (nSPS) is 18.9. The van der Waals surface area contributed by atoms with Gasteiger partial charge in [0.05, 0.1) is 0 Å². The van der Waals surface area contributed by atoms with Gasteiger partial charge in [0.2, 0.25) is 0 Å². The van der Waals surface area contributed by atoms with Crippen LogP contribution in [0.5, 0.6) is 0 Å². The van der Waals surface area contributed by atoms with E-state index in [9.17, 15) is 4.79 Å². The summed E-state index contributed by atoms with van der Waals surface area (Å²) in [4.78, 5) is 14.1. The van der Waals surface area contributed by atoms with Crippen LogP contribution in [0, 0.1) is 0 Å². The Hall–Kier alpha value is -0.410. The Morgan fingerprint density at radius 1 is 1.06 bits per heavy atom. The van der Waals surface area contributed by atoms with E-state index >= 15 is 0 Å². The van der Waals surface area contributed by atoms with Crippen molar-refractivity contribution >= 4 is 29.3 Å². The zero-order chi connectivity index (χ0) is 13.2. The first kappa shape index (κ1) is 14.0. The maximum absolute atomic E-state index is 11.4. The standard InChI is InChI=1S/C15H20OS2/c1-15(8-6-12(16)7-9-15)11-4-5-13(17-2)14(10-11)18-3/h4-5,10H,6-9H2,1-3H3. The second-order valence-corrected chi connectivity index (χ2v) is 6.87. The third-order valence-electron chi connectivity index (χ3n) is 3.99. The zero-order valence-corrected chi connectivity index (χ0v) is 12.9. The first-order valence-corrected chi connectivity index (χ1v) is 8.78. The third kappa shape index (κ3) is 2.77. The summed E-state index contributed by atoms with van der Waals surface area (Å²) in [5, 5.41) is 0. The Labute approximate surface area is 118 Å². The molecule has 1 saturated carbocycles. The number of hydrogen-bond donors (Lipinski definition) is 0. The van der Waals surface area contributed by atoms with Crippen LogP contribution < -0.4 is 0 Å². The molecule has 2 rings (SSSR count). The zero-order valence-electron chi connectivity index (χ0n) is 11.3. The fraction of sp³-hybridized carbons (Fsp3) is 0.533. The summed E-state index contributed by atoms with van der Waals surface area (Å²) in [6.07, 6.45) is 7.74. The lowest BCUT2D eigenvalue weighted by molar-refractivity contribution is -0.121. The molecular formula is C15H20OS2. The Balaban J connectivity index is 2.30. The highest BCUT2D eigenvalue weighted by molar-refractivity contribution is 8.01. The van der Waals surface area contributed by atoms with E-state index in [-0.39, 0.29) is 5.41 Å². The summed E-state index contributed by atoms with van der Waals surface area (Å²) in [5.74, 6) is 0.429. The van der Waals surface area contributed by atoms with Gasteiger partial charge < -0.3 is 0 Å². The lowest BCUT2D eigenvalue weighted by Gasteiger charge is -2.34. The summed E-state index contributed by atoms with van der Waals surface area (Å²) in [6.45, 7) is 2.30. The highest BCUT2D eigenvalue weighted by Gasteiger charge is 2.32. The average molecular weight is 280 g/mol. The number of rotatable bonds is 3. The van der Waals surface area contributed by atoms with E-state index in [1.807, 2.05) is 11.8 Å². The smallest absolute Gasteiger partial charge is 0.132 e. The van der Waals surface area contributed by atoms with Gasteiger partial charge in [0, 0.05) is 22.6 Å². The van der Waals surface area contributed by atoms with Gasteiger partial charge in [0.15, 0.2) is 0 Å². The fourth-order valence-corrected chi connectivity index (χ4v) is 4.06. The molecule has 0 aromatic heterocycles. The predicted molar refractivity (Wildman–Crippen MR) is 80.8 cm³/mol. The summed E-state index contributed by atoms with van der Waals surface area (Å²) in [7, 11) is 0. The van der Waals surface area contributed by atoms with E-state index < -0.39 is 0 Å². The average Bonchev–Trinajstić information content (AvgIpc) is 2.41. The van der Waals surface area contributed by atoms with Gasteiger partial charge in [-0.2, -0.15) is 0 Å². The molecule has 0 saturated heterocycles. The van der Waals surface area contributed by atoms with E-state index in [2.05, 4.69) is 37.6 Å². The Kier molecular flexibility index (Phi) is 4.44. The largest absolute Gasteiger partial charge is 0.300 e. The quantitative estimate of drug-likeness (QED) is 0.757. The van der Waals surface area contributed by atoms with Crippen LogP contribution in [0.2, 0.25) is 0 Å². The molecule has 0 aliphatic heterocycles. The SMILES string of the molecule is CSc1ccc(C2(C)CCC(=O)CC2)cc1SC. The summed E-state index contributed by atoms with van der Waals surface area (Å²) < 4.78 is 0. The van der Waals surface area contributed by atoms with Gasteiger partial charge >= 0.3 is 0 Å². The number of ketones is 1. The molecule has 0 atom stereocenters. The van der Waals surface area contributed by atoms with Crippen LogP contribution in [0.15, 0.2) is 28.0 Å². The Morgan fingerprint density at radius 2 is 1.67 bits per heavy atom.